The summed E-state index contributed by atoms with van der Waals surface area (Å²) in [5.74, 6) is 7.64. The summed E-state index contributed by atoms with van der Waals surface area (Å²) in [6, 6.07) is 1.09. The molecule has 2 aliphatic rings. The molecule has 0 radical (unpaired) electrons. The third-order valence-corrected chi connectivity index (χ3v) is 8.66. The molecular weight excluding hydrogens is 483 g/mol. The zero-order chi connectivity index (χ0) is 25.3. The summed E-state index contributed by atoms with van der Waals surface area (Å²) in [5.41, 5.74) is 0. The standard InChI is InChI=1S/C28H54N2.2ClH.Ti/c1-17(2)23-13-21(9)14-24(18(3)4)27(23)29-11-12-30-28-25(19(5)6)15-22(10)16-26(28)20(7)8;;;/h17-28H,11-16H2,1-10H3;2*1H;/q-2;;;+2/p-2. The Balaban J connectivity index is 0.00000172. The molecular formula is C28H54Cl2N2Ti-2. The van der Waals surface area contributed by atoms with E-state index in [1.54, 1.807) is 0 Å². The van der Waals surface area contributed by atoms with Gasteiger partial charge in [0, 0.05) is 0 Å². The third kappa shape index (κ3) is 10.2. The zero-order valence-corrected chi connectivity index (χ0v) is 26.4. The van der Waals surface area contributed by atoms with E-state index in [0.717, 1.165) is 72.3 Å². The first-order chi connectivity index (χ1) is 15.4. The van der Waals surface area contributed by atoms with Crippen molar-refractivity contribution in [3.63, 3.8) is 0 Å². The van der Waals surface area contributed by atoms with Crippen LogP contribution in [0.4, 0.5) is 0 Å². The van der Waals surface area contributed by atoms with Crippen molar-refractivity contribution in [2.75, 3.05) is 13.1 Å². The average molecular weight is 538 g/mol. The first-order valence-corrected chi connectivity index (χ1v) is 18.0. The molecule has 2 aliphatic carbocycles. The van der Waals surface area contributed by atoms with E-state index in [9.17, 15) is 0 Å². The van der Waals surface area contributed by atoms with Crippen LogP contribution in [0.15, 0.2) is 0 Å². The number of rotatable bonds is 9. The Hall–Kier alpha value is 1.21. The molecule has 0 amide bonds. The summed E-state index contributed by atoms with van der Waals surface area (Å²) in [4.78, 5) is 0. The maximum atomic E-state index is 5.37. The van der Waals surface area contributed by atoms with Crippen molar-refractivity contribution in [2.45, 2.75) is 107 Å². The molecule has 5 heteroatoms. The predicted molar refractivity (Wildman–Crippen MR) is 146 cm³/mol. The second-order valence-electron chi connectivity index (χ2n) is 12.6. The molecule has 2 rings (SSSR count). The Morgan fingerprint density at radius 1 is 0.576 bits per heavy atom. The van der Waals surface area contributed by atoms with Crippen molar-refractivity contribution >= 4 is 18.6 Å². The van der Waals surface area contributed by atoms with Crippen LogP contribution in [0.3, 0.4) is 0 Å². The van der Waals surface area contributed by atoms with Gasteiger partial charge in [-0.05, 0) is 61.2 Å². The molecule has 0 aliphatic heterocycles. The normalized spacial score (nSPS) is 35.2. The Morgan fingerprint density at radius 2 is 0.788 bits per heavy atom. The number of hydrogen-bond donors (Lipinski definition) is 0. The van der Waals surface area contributed by atoms with Gasteiger partial charge in [-0.25, -0.2) is 0 Å². The van der Waals surface area contributed by atoms with Gasteiger partial charge in [0.1, 0.15) is 0 Å². The summed E-state index contributed by atoms with van der Waals surface area (Å²) >= 11 is -0.556. The molecule has 33 heavy (non-hydrogen) atoms. The summed E-state index contributed by atoms with van der Waals surface area (Å²) < 4.78 is 0. The van der Waals surface area contributed by atoms with Gasteiger partial charge >= 0.3 is 35.6 Å². The second kappa shape index (κ2) is 16.1. The summed E-state index contributed by atoms with van der Waals surface area (Å²) in [6.45, 7) is 26.1. The first-order valence-electron chi connectivity index (χ1n) is 13.7. The molecule has 0 N–H and O–H groups in total. The van der Waals surface area contributed by atoms with E-state index in [2.05, 4.69) is 69.2 Å². The average Bonchev–Trinajstić information content (AvgIpc) is 2.71. The Kier molecular flexibility index (Phi) is 15.8. The van der Waals surface area contributed by atoms with E-state index in [1.807, 2.05) is 0 Å². The fraction of sp³-hybridized carbons (Fsp3) is 1.00. The van der Waals surface area contributed by atoms with Crippen molar-refractivity contribution in [2.24, 2.45) is 59.2 Å². The van der Waals surface area contributed by atoms with E-state index < -0.39 is 17.0 Å². The van der Waals surface area contributed by atoms with Gasteiger partial charge in [0.25, 0.3) is 0 Å². The maximum absolute atomic E-state index is 5.37. The van der Waals surface area contributed by atoms with Crippen molar-refractivity contribution in [3.05, 3.63) is 10.6 Å². The molecule has 196 valence electrons. The minimum absolute atomic E-state index is 0.546. The van der Waals surface area contributed by atoms with E-state index in [1.165, 1.54) is 25.7 Å². The molecule has 0 aromatic heterocycles. The Bertz CT molecular complexity index is 434. The molecule has 2 fully saturated rings. The van der Waals surface area contributed by atoms with Gasteiger partial charge in [0.05, 0.1) is 0 Å². The van der Waals surface area contributed by atoms with E-state index in [0.29, 0.717) is 12.1 Å². The molecule has 0 bridgehead atoms. The predicted octanol–water partition coefficient (Wildman–Crippen LogP) is 9.80. The van der Waals surface area contributed by atoms with Crippen LogP contribution in [0.25, 0.3) is 10.6 Å². The summed E-state index contributed by atoms with van der Waals surface area (Å²) in [5, 5.41) is 10.7. The van der Waals surface area contributed by atoms with Crippen LogP contribution in [0.1, 0.15) is 94.9 Å². The van der Waals surface area contributed by atoms with Crippen LogP contribution in [0.2, 0.25) is 0 Å². The van der Waals surface area contributed by atoms with Crippen LogP contribution < -0.4 is 0 Å². The fourth-order valence-corrected chi connectivity index (χ4v) is 6.86. The fourth-order valence-electron chi connectivity index (χ4n) is 6.86. The number of hydrogen-bond acceptors (Lipinski definition) is 0. The topological polar surface area (TPSA) is 28.2 Å². The Labute approximate surface area is 224 Å². The minimum atomic E-state index is -0.556. The van der Waals surface area contributed by atoms with Gasteiger partial charge in [0.15, 0.2) is 0 Å². The van der Waals surface area contributed by atoms with Crippen LogP contribution in [0.5, 0.6) is 0 Å². The van der Waals surface area contributed by atoms with Crippen LogP contribution in [-0.2, 0) is 17.0 Å². The molecule has 4 atom stereocenters. The quantitative estimate of drug-likeness (QED) is 0.207. The molecule has 0 spiro atoms. The summed E-state index contributed by atoms with van der Waals surface area (Å²) in [7, 11) is 9.78. The van der Waals surface area contributed by atoms with Crippen LogP contribution in [0, 0.1) is 59.2 Å². The van der Waals surface area contributed by atoms with E-state index in [4.69, 9.17) is 29.2 Å². The van der Waals surface area contributed by atoms with Crippen LogP contribution >= 0.6 is 18.6 Å². The van der Waals surface area contributed by atoms with E-state index in [-0.39, 0.29) is 0 Å². The molecule has 4 unspecified atom stereocenters. The van der Waals surface area contributed by atoms with Crippen molar-refractivity contribution in [1.29, 1.82) is 0 Å². The molecule has 0 heterocycles. The zero-order valence-electron chi connectivity index (χ0n) is 23.3. The first kappa shape index (κ1) is 32.2. The van der Waals surface area contributed by atoms with Crippen molar-refractivity contribution in [1.82, 2.24) is 0 Å². The van der Waals surface area contributed by atoms with Gasteiger partial charge in [-0.1, -0.05) is 92.9 Å². The Morgan fingerprint density at radius 3 is 0.970 bits per heavy atom. The molecule has 2 saturated carbocycles. The molecule has 0 aromatic rings. The van der Waals surface area contributed by atoms with Gasteiger partial charge in [-0.3, -0.25) is 0 Å². The molecule has 0 saturated heterocycles. The third-order valence-electron chi connectivity index (χ3n) is 8.66. The van der Waals surface area contributed by atoms with E-state index >= 15 is 0 Å². The monoisotopic (exact) mass is 536 g/mol. The second-order valence-corrected chi connectivity index (χ2v) is 15.2. The molecule has 2 nitrogen and oxygen atoms in total. The number of nitrogens with zero attached hydrogens (tertiary/aromatic N) is 2. The number of halogens is 2. The summed E-state index contributed by atoms with van der Waals surface area (Å²) in [6.07, 6.45) is 5.43. The van der Waals surface area contributed by atoms with Gasteiger partial charge in [-0.2, -0.15) is 13.1 Å². The van der Waals surface area contributed by atoms with Crippen LogP contribution in [-0.4, -0.2) is 25.2 Å². The van der Waals surface area contributed by atoms with Crippen molar-refractivity contribution < 1.29 is 17.0 Å². The van der Waals surface area contributed by atoms with Crippen molar-refractivity contribution in [3.8, 4) is 0 Å². The van der Waals surface area contributed by atoms with Gasteiger partial charge in [-0.15, -0.1) is 12.1 Å². The van der Waals surface area contributed by atoms with Gasteiger partial charge < -0.3 is 10.6 Å². The molecule has 0 aromatic carbocycles. The SMILES string of the molecule is CC1CC(C(C)C)C([N-]CC[N-]C2C(C(C)C)CC(C)CC2C(C)C)C(C(C)C)C1.[Cl][Ti][Cl]. The van der Waals surface area contributed by atoms with Gasteiger partial charge in [0.2, 0.25) is 0 Å².